The van der Waals surface area contributed by atoms with Gasteiger partial charge in [-0.15, -0.1) is 0 Å². The van der Waals surface area contributed by atoms with Crippen LogP contribution in [0.2, 0.25) is 0 Å². The van der Waals surface area contributed by atoms with Crippen LogP contribution in [0.1, 0.15) is 28.7 Å². The molecule has 0 aliphatic heterocycles. The number of pyridine rings is 1. The van der Waals surface area contributed by atoms with E-state index in [4.69, 9.17) is 0 Å². The molecule has 4 rings (SSSR count). The number of imidazole rings is 1. The summed E-state index contributed by atoms with van der Waals surface area (Å²) in [5, 5.41) is 14.5. The van der Waals surface area contributed by atoms with Gasteiger partial charge in [0.2, 0.25) is 0 Å². The Morgan fingerprint density at radius 1 is 1.12 bits per heavy atom. The fourth-order valence-corrected chi connectivity index (χ4v) is 3.32. The molecule has 0 fully saturated rings. The zero-order valence-electron chi connectivity index (χ0n) is 14.7. The van der Waals surface area contributed by atoms with Gasteiger partial charge in [-0.05, 0) is 37.1 Å². The van der Waals surface area contributed by atoms with E-state index in [1.54, 1.807) is 12.1 Å². The highest BCUT2D eigenvalue weighted by Gasteiger charge is 2.19. The summed E-state index contributed by atoms with van der Waals surface area (Å²) in [5.74, 6) is -0.0194. The first kappa shape index (κ1) is 16.1. The maximum atomic E-state index is 13.1. The van der Waals surface area contributed by atoms with Gasteiger partial charge in [0.25, 0.3) is 5.91 Å². The molecule has 5 heteroatoms. The van der Waals surface area contributed by atoms with Crippen LogP contribution in [-0.4, -0.2) is 20.4 Å². The van der Waals surface area contributed by atoms with Crippen LogP contribution in [0.25, 0.3) is 16.4 Å². The molecule has 0 spiro atoms. The summed E-state index contributed by atoms with van der Waals surface area (Å²) in [7, 11) is 0. The second-order valence-electron chi connectivity index (χ2n) is 6.28. The number of carbonyl (C=O) groups is 1. The van der Waals surface area contributed by atoms with Gasteiger partial charge in [0.1, 0.15) is 17.1 Å². The van der Waals surface area contributed by atoms with Crippen LogP contribution >= 0.6 is 0 Å². The maximum Gasteiger partial charge on any atom is 0.274 e. The van der Waals surface area contributed by atoms with Gasteiger partial charge in [-0.2, -0.15) is 0 Å². The lowest BCUT2D eigenvalue weighted by Crippen LogP contribution is -2.16. The molecular weight excluding hydrogens is 326 g/mol. The molecule has 0 atom stereocenters. The number of anilines is 1. The summed E-state index contributed by atoms with van der Waals surface area (Å²) in [5.41, 5.74) is 3.79. The van der Waals surface area contributed by atoms with Gasteiger partial charge in [0, 0.05) is 22.7 Å². The Balaban J connectivity index is 1.82. The summed E-state index contributed by atoms with van der Waals surface area (Å²) in [6, 6.07) is 14.7. The molecule has 0 bridgehead atoms. The standard InChI is InChI=1S/C21H19N3O2/c1-3-16-19(24-12-6-7-13(2)20(24)22-16)21(26)23-17-10-4-9-15-14(17)8-5-11-18(15)25/h4-12,25H,3H2,1-2H3,(H,23,26). The van der Waals surface area contributed by atoms with Crippen molar-refractivity contribution in [1.82, 2.24) is 9.38 Å². The van der Waals surface area contributed by atoms with E-state index >= 15 is 0 Å². The Morgan fingerprint density at radius 2 is 1.88 bits per heavy atom. The number of nitrogens with zero attached hydrogens (tertiary/aromatic N) is 2. The van der Waals surface area contributed by atoms with Crippen LogP contribution in [-0.2, 0) is 6.42 Å². The molecule has 1 amide bonds. The number of aryl methyl sites for hydroxylation is 2. The summed E-state index contributed by atoms with van der Waals surface area (Å²) in [6.07, 6.45) is 2.53. The topological polar surface area (TPSA) is 66.6 Å². The summed E-state index contributed by atoms with van der Waals surface area (Å²) >= 11 is 0. The fraction of sp³-hybridized carbons (Fsp3) is 0.143. The number of phenols is 1. The van der Waals surface area contributed by atoms with E-state index in [1.807, 2.05) is 60.8 Å². The van der Waals surface area contributed by atoms with Crippen LogP contribution in [0.15, 0.2) is 54.7 Å². The molecule has 26 heavy (non-hydrogen) atoms. The minimum Gasteiger partial charge on any atom is -0.507 e. The van der Waals surface area contributed by atoms with Gasteiger partial charge in [-0.3, -0.25) is 9.20 Å². The van der Waals surface area contributed by atoms with Crippen molar-refractivity contribution in [3.63, 3.8) is 0 Å². The number of phenolic OH excluding ortho intramolecular Hbond substituents is 1. The molecule has 0 aliphatic rings. The second-order valence-corrected chi connectivity index (χ2v) is 6.28. The Bertz CT molecular complexity index is 1140. The van der Waals surface area contributed by atoms with E-state index in [9.17, 15) is 9.90 Å². The first-order valence-electron chi connectivity index (χ1n) is 8.58. The molecule has 0 saturated heterocycles. The van der Waals surface area contributed by atoms with Crippen molar-refractivity contribution in [1.29, 1.82) is 0 Å². The monoisotopic (exact) mass is 345 g/mol. The van der Waals surface area contributed by atoms with E-state index in [2.05, 4.69) is 10.3 Å². The van der Waals surface area contributed by atoms with Crippen molar-refractivity contribution in [2.75, 3.05) is 5.32 Å². The smallest absolute Gasteiger partial charge is 0.274 e. The summed E-state index contributed by atoms with van der Waals surface area (Å²) in [6.45, 7) is 3.97. The average molecular weight is 345 g/mol. The quantitative estimate of drug-likeness (QED) is 0.581. The number of aromatic nitrogens is 2. The number of hydrogen-bond donors (Lipinski definition) is 2. The molecule has 4 aromatic rings. The van der Waals surface area contributed by atoms with Crippen LogP contribution in [0, 0.1) is 6.92 Å². The lowest BCUT2D eigenvalue weighted by molar-refractivity contribution is 0.102. The third kappa shape index (κ3) is 2.49. The number of carbonyl (C=O) groups excluding carboxylic acids is 1. The molecule has 0 saturated carbocycles. The highest BCUT2D eigenvalue weighted by Crippen LogP contribution is 2.30. The summed E-state index contributed by atoms with van der Waals surface area (Å²) < 4.78 is 1.84. The van der Waals surface area contributed by atoms with Crippen LogP contribution in [0.4, 0.5) is 5.69 Å². The van der Waals surface area contributed by atoms with E-state index in [0.717, 1.165) is 22.3 Å². The molecule has 2 aromatic carbocycles. The average Bonchev–Trinajstić information content (AvgIpc) is 3.03. The zero-order valence-corrected chi connectivity index (χ0v) is 14.7. The molecule has 0 radical (unpaired) electrons. The Hall–Kier alpha value is -3.34. The molecular formula is C21H19N3O2. The zero-order chi connectivity index (χ0) is 18.3. The van der Waals surface area contributed by atoms with Crippen molar-refractivity contribution in [2.45, 2.75) is 20.3 Å². The SMILES string of the molecule is CCc1nc2c(C)cccn2c1C(=O)Nc1cccc2c(O)cccc12. The Kier molecular flexibility index (Phi) is 3.84. The van der Waals surface area contributed by atoms with E-state index in [1.165, 1.54) is 0 Å². The number of rotatable bonds is 3. The predicted molar refractivity (Wildman–Crippen MR) is 103 cm³/mol. The van der Waals surface area contributed by atoms with Gasteiger partial charge in [-0.1, -0.05) is 37.3 Å². The third-order valence-electron chi connectivity index (χ3n) is 4.61. The van der Waals surface area contributed by atoms with Gasteiger partial charge in [-0.25, -0.2) is 4.98 Å². The second kappa shape index (κ2) is 6.19. The van der Waals surface area contributed by atoms with Crippen LogP contribution < -0.4 is 5.32 Å². The lowest BCUT2D eigenvalue weighted by Gasteiger charge is -2.10. The first-order chi connectivity index (χ1) is 12.6. The number of aromatic hydroxyl groups is 1. The maximum absolute atomic E-state index is 13.1. The lowest BCUT2D eigenvalue weighted by atomic mass is 10.1. The minimum atomic E-state index is -0.212. The van der Waals surface area contributed by atoms with Gasteiger partial charge in [0.05, 0.1) is 5.69 Å². The molecule has 5 nitrogen and oxygen atoms in total. The van der Waals surface area contributed by atoms with Gasteiger partial charge < -0.3 is 10.4 Å². The van der Waals surface area contributed by atoms with Crippen LogP contribution in [0.5, 0.6) is 5.75 Å². The number of amides is 1. The number of benzene rings is 2. The molecule has 2 aromatic heterocycles. The largest absolute Gasteiger partial charge is 0.507 e. The molecule has 2 heterocycles. The normalized spacial score (nSPS) is 11.2. The Labute approximate surface area is 150 Å². The van der Waals surface area contributed by atoms with Crippen molar-refractivity contribution in [2.24, 2.45) is 0 Å². The highest BCUT2D eigenvalue weighted by molar-refractivity contribution is 6.10. The fourth-order valence-electron chi connectivity index (χ4n) is 3.32. The molecule has 130 valence electrons. The highest BCUT2D eigenvalue weighted by atomic mass is 16.3. The van der Waals surface area contributed by atoms with Gasteiger partial charge >= 0.3 is 0 Å². The molecule has 0 unspecified atom stereocenters. The number of fused-ring (bicyclic) bond motifs is 2. The van der Waals surface area contributed by atoms with Crippen molar-refractivity contribution >= 4 is 28.0 Å². The number of hydrogen-bond acceptors (Lipinski definition) is 3. The first-order valence-corrected chi connectivity index (χ1v) is 8.58. The molecule has 2 N–H and O–H groups in total. The number of nitrogens with one attached hydrogen (secondary N) is 1. The van der Waals surface area contributed by atoms with E-state index in [-0.39, 0.29) is 11.7 Å². The van der Waals surface area contributed by atoms with Crippen molar-refractivity contribution in [3.05, 3.63) is 71.7 Å². The van der Waals surface area contributed by atoms with Gasteiger partial charge in [0.15, 0.2) is 0 Å². The van der Waals surface area contributed by atoms with Crippen molar-refractivity contribution in [3.8, 4) is 5.75 Å². The summed E-state index contributed by atoms with van der Waals surface area (Å²) in [4.78, 5) is 17.7. The van der Waals surface area contributed by atoms with Crippen molar-refractivity contribution < 1.29 is 9.90 Å². The minimum absolute atomic E-state index is 0.193. The van der Waals surface area contributed by atoms with Crippen LogP contribution in [0.3, 0.4) is 0 Å². The van der Waals surface area contributed by atoms with E-state index in [0.29, 0.717) is 23.2 Å². The molecule has 0 aliphatic carbocycles. The predicted octanol–water partition coefficient (Wildman–Crippen LogP) is 4.32. The van der Waals surface area contributed by atoms with E-state index < -0.39 is 0 Å². The Morgan fingerprint density at radius 3 is 2.69 bits per heavy atom. The third-order valence-corrected chi connectivity index (χ3v) is 4.61.